The van der Waals surface area contributed by atoms with E-state index in [-0.39, 0.29) is 11.7 Å². The predicted octanol–water partition coefficient (Wildman–Crippen LogP) is 3.10. The second kappa shape index (κ2) is 5.66. The first-order valence-corrected chi connectivity index (χ1v) is 7.66. The molecule has 1 amide bonds. The number of halogens is 1. The largest absolute Gasteiger partial charge is 0.382 e. The maximum atomic E-state index is 12.4. The second-order valence-corrected chi connectivity index (χ2v) is 6.13. The molecule has 4 nitrogen and oxygen atoms in total. The van der Waals surface area contributed by atoms with E-state index >= 15 is 0 Å². The molecular formula is C17H14BrNO3. The van der Waals surface area contributed by atoms with Crippen molar-refractivity contribution < 1.29 is 14.7 Å². The summed E-state index contributed by atoms with van der Waals surface area (Å²) in [6, 6.07) is 13.4. The lowest BCUT2D eigenvalue weighted by atomic mass is 9.88. The first-order valence-electron chi connectivity index (χ1n) is 6.87. The molecule has 1 aliphatic rings. The molecule has 1 aliphatic heterocycles. The highest BCUT2D eigenvalue weighted by Crippen LogP contribution is 2.39. The number of hydrogen-bond donors (Lipinski definition) is 1. The summed E-state index contributed by atoms with van der Waals surface area (Å²) in [5.74, 6) is -0.576. The Morgan fingerprint density at radius 1 is 1.14 bits per heavy atom. The lowest BCUT2D eigenvalue weighted by molar-refractivity contribution is -0.117. The maximum absolute atomic E-state index is 12.4. The molecule has 0 spiro atoms. The van der Waals surface area contributed by atoms with Crippen LogP contribution in [-0.4, -0.2) is 22.9 Å². The zero-order valence-electron chi connectivity index (χ0n) is 11.9. The van der Waals surface area contributed by atoms with E-state index in [4.69, 9.17) is 0 Å². The number of rotatable bonds is 1. The number of aliphatic hydroxyl groups excluding tert-OH is 1. The number of carbonyl (C=O) groups is 2. The summed E-state index contributed by atoms with van der Waals surface area (Å²) in [6.07, 6.45) is -1.28. The van der Waals surface area contributed by atoms with E-state index in [0.29, 0.717) is 16.8 Å². The van der Waals surface area contributed by atoms with Crippen molar-refractivity contribution in [2.75, 3.05) is 4.90 Å². The molecule has 2 atom stereocenters. The molecule has 5 heteroatoms. The molecule has 2 aromatic carbocycles. The highest BCUT2D eigenvalue weighted by atomic mass is 79.9. The average Bonchev–Trinajstić information content (AvgIpc) is 2.51. The van der Waals surface area contributed by atoms with Gasteiger partial charge in [-0.1, -0.05) is 40.2 Å². The summed E-state index contributed by atoms with van der Waals surface area (Å²) in [5, 5.41) is 10.5. The van der Waals surface area contributed by atoms with Crippen molar-refractivity contribution in [2.45, 2.75) is 19.1 Å². The number of nitrogens with zero attached hydrogens (tertiary/aromatic N) is 1. The van der Waals surface area contributed by atoms with Crippen molar-refractivity contribution in [3.63, 3.8) is 0 Å². The standard InChI is InChI=1S/C17H14BrNO3/c1-10(20)19-14-5-3-2-4-13(14)16(21)17(22)15(19)11-6-8-12(18)9-7-11/h2-9,15,17,22H,1H3/t15-,17+/m0/s1. The van der Waals surface area contributed by atoms with Gasteiger partial charge in [0, 0.05) is 17.0 Å². The molecule has 1 N–H and O–H groups in total. The summed E-state index contributed by atoms with van der Waals surface area (Å²) in [6.45, 7) is 1.44. The van der Waals surface area contributed by atoms with Gasteiger partial charge in [0.25, 0.3) is 0 Å². The van der Waals surface area contributed by atoms with Gasteiger partial charge in [-0.25, -0.2) is 0 Å². The number of Topliss-reactive ketones (excluding diaryl/α,β-unsaturated/α-hetero) is 1. The normalized spacial score (nSPS) is 20.7. The lowest BCUT2D eigenvalue weighted by Crippen LogP contribution is -2.47. The van der Waals surface area contributed by atoms with Gasteiger partial charge in [0.15, 0.2) is 5.78 Å². The van der Waals surface area contributed by atoms with E-state index < -0.39 is 12.1 Å². The Labute approximate surface area is 136 Å². The van der Waals surface area contributed by atoms with Gasteiger partial charge in [0.05, 0.1) is 11.7 Å². The molecular weight excluding hydrogens is 346 g/mol. The molecule has 0 bridgehead atoms. The lowest BCUT2D eigenvalue weighted by Gasteiger charge is -2.39. The number of benzene rings is 2. The van der Waals surface area contributed by atoms with Crippen molar-refractivity contribution >= 4 is 33.3 Å². The molecule has 0 aliphatic carbocycles. The fourth-order valence-electron chi connectivity index (χ4n) is 2.84. The predicted molar refractivity (Wildman–Crippen MR) is 86.8 cm³/mol. The van der Waals surface area contributed by atoms with Crippen molar-refractivity contribution in [1.82, 2.24) is 0 Å². The quantitative estimate of drug-likeness (QED) is 0.850. The van der Waals surface area contributed by atoms with Crippen molar-refractivity contribution in [2.24, 2.45) is 0 Å². The third-order valence-electron chi connectivity index (χ3n) is 3.83. The van der Waals surface area contributed by atoms with Crippen LogP contribution in [-0.2, 0) is 4.79 Å². The maximum Gasteiger partial charge on any atom is 0.224 e. The number of anilines is 1. The zero-order chi connectivity index (χ0) is 15.9. The Hall–Kier alpha value is -1.98. The van der Waals surface area contributed by atoms with Crippen LogP contribution >= 0.6 is 15.9 Å². The molecule has 112 valence electrons. The van der Waals surface area contributed by atoms with Crippen LogP contribution < -0.4 is 4.90 Å². The smallest absolute Gasteiger partial charge is 0.224 e. The number of fused-ring (bicyclic) bond motifs is 1. The topological polar surface area (TPSA) is 57.6 Å². The van der Waals surface area contributed by atoms with Gasteiger partial charge in [0.2, 0.25) is 5.91 Å². The first-order chi connectivity index (χ1) is 10.5. The Bertz CT molecular complexity index is 742. The third kappa shape index (κ3) is 2.36. The molecule has 0 saturated heterocycles. The van der Waals surface area contributed by atoms with Gasteiger partial charge in [-0.05, 0) is 29.8 Å². The second-order valence-electron chi connectivity index (χ2n) is 5.21. The minimum atomic E-state index is -1.28. The van der Waals surface area contributed by atoms with E-state index in [1.165, 1.54) is 11.8 Å². The van der Waals surface area contributed by atoms with Crippen LogP contribution in [0.2, 0.25) is 0 Å². The molecule has 0 unspecified atom stereocenters. The molecule has 22 heavy (non-hydrogen) atoms. The third-order valence-corrected chi connectivity index (χ3v) is 4.35. The fourth-order valence-corrected chi connectivity index (χ4v) is 3.11. The molecule has 1 heterocycles. The van der Waals surface area contributed by atoms with E-state index in [0.717, 1.165) is 4.47 Å². The molecule has 3 rings (SSSR count). The van der Waals surface area contributed by atoms with E-state index in [1.54, 1.807) is 36.4 Å². The minimum Gasteiger partial charge on any atom is -0.382 e. The average molecular weight is 360 g/mol. The molecule has 0 aromatic heterocycles. The number of carbonyl (C=O) groups excluding carboxylic acids is 2. The van der Waals surface area contributed by atoms with Crippen LogP contribution in [0.15, 0.2) is 53.0 Å². The molecule has 0 fully saturated rings. The van der Waals surface area contributed by atoms with Gasteiger partial charge in [-0.3, -0.25) is 9.59 Å². The monoisotopic (exact) mass is 359 g/mol. The van der Waals surface area contributed by atoms with Crippen molar-refractivity contribution in [3.8, 4) is 0 Å². The number of hydrogen-bond acceptors (Lipinski definition) is 3. The van der Waals surface area contributed by atoms with Gasteiger partial charge >= 0.3 is 0 Å². The summed E-state index contributed by atoms with van der Waals surface area (Å²) >= 11 is 3.36. The highest BCUT2D eigenvalue weighted by molar-refractivity contribution is 9.10. The van der Waals surface area contributed by atoms with Gasteiger partial charge in [-0.2, -0.15) is 0 Å². The van der Waals surface area contributed by atoms with Crippen molar-refractivity contribution in [1.29, 1.82) is 0 Å². The van der Waals surface area contributed by atoms with Gasteiger partial charge in [0.1, 0.15) is 6.10 Å². The summed E-state index contributed by atoms with van der Waals surface area (Å²) in [7, 11) is 0. The van der Waals surface area contributed by atoms with Crippen LogP contribution in [0.3, 0.4) is 0 Å². The molecule has 0 radical (unpaired) electrons. The first kappa shape index (κ1) is 14.9. The van der Waals surface area contributed by atoms with Crippen LogP contribution in [0.5, 0.6) is 0 Å². The van der Waals surface area contributed by atoms with Gasteiger partial charge in [-0.15, -0.1) is 0 Å². The molecule has 0 saturated carbocycles. The minimum absolute atomic E-state index is 0.216. The van der Waals surface area contributed by atoms with Crippen molar-refractivity contribution in [3.05, 3.63) is 64.1 Å². The van der Waals surface area contributed by atoms with E-state index in [9.17, 15) is 14.7 Å². The van der Waals surface area contributed by atoms with Crippen LogP contribution in [0.1, 0.15) is 28.9 Å². The number of aliphatic hydroxyl groups is 1. The van der Waals surface area contributed by atoms with Crippen LogP contribution in [0.4, 0.5) is 5.69 Å². The summed E-state index contributed by atoms with van der Waals surface area (Å²) in [5.41, 5.74) is 1.63. The Kier molecular flexibility index (Phi) is 3.85. The number of para-hydroxylation sites is 1. The highest BCUT2D eigenvalue weighted by Gasteiger charge is 2.41. The Balaban J connectivity index is 2.18. The number of amides is 1. The Morgan fingerprint density at radius 2 is 1.77 bits per heavy atom. The fraction of sp³-hybridized carbons (Fsp3) is 0.176. The Morgan fingerprint density at radius 3 is 2.41 bits per heavy atom. The SMILES string of the molecule is CC(=O)N1c2ccccc2C(=O)[C@H](O)[C@@H]1c1ccc(Br)cc1. The summed E-state index contributed by atoms with van der Waals surface area (Å²) in [4.78, 5) is 26.1. The van der Waals surface area contributed by atoms with Gasteiger partial charge < -0.3 is 10.0 Å². The van der Waals surface area contributed by atoms with Crippen LogP contribution in [0.25, 0.3) is 0 Å². The summed E-state index contributed by atoms with van der Waals surface area (Å²) < 4.78 is 0.891. The molecule has 2 aromatic rings. The number of ketones is 1. The van der Waals surface area contributed by atoms with E-state index in [2.05, 4.69) is 15.9 Å². The van der Waals surface area contributed by atoms with Crippen LogP contribution in [0, 0.1) is 0 Å². The zero-order valence-corrected chi connectivity index (χ0v) is 13.4. The van der Waals surface area contributed by atoms with E-state index in [1.807, 2.05) is 12.1 Å².